The lowest BCUT2D eigenvalue weighted by Gasteiger charge is -2.16. The number of esters is 1. The van der Waals surface area contributed by atoms with Gasteiger partial charge in [-0.15, -0.1) is 0 Å². The maximum Gasteiger partial charge on any atom is 0.338 e. The van der Waals surface area contributed by atoms with E-state index < -0.39 is 5.97 Å². The highest BCUT2D eigenvalue weighted by atomic mass is 19.1. The Morgan fingerprint density at radius 2 is 2.18 bits per heavy atom. The molecule has 0 heterocycles. The summed E-state index contributed by atoms with van der Waals surface area (Å²) in [5, 5.41) is 0. The fraction of sp³-hybridized carbons (Fsp3) is 0.462. The highest BCUT2D eigenvalue weighted by molar-refractivity contribution is 5.91. The van der Waals surface area contributed by atoms with Gasteiger partial charge in [-0.25, -0.2) is 9.18 Å². The van der Waals surface area contributed by atoms with Crippen molar-refractivity contribution in [3.8, 4) is 0 Å². The van der Waals surface area contributed by atoms with Crippen LogP contribution in [-0.2, 0) is 10.2 Å². The van der Waals surface area contributed by atoms with Crippen molar-refractivity contribution in [2.24, 2.45) is 5.73 Å². The molecule has 0 bridgehead atoms. The van der Waals surface area contributed by atoms with E-state index in [1.807, 2.05) is 0 Å². The minimum atomic E-state index is -0.434. The molecule has 2 rings (SSSR count). The molecule has 1 aromatic carbocycles. The predicted molar refractivity (Wildman–Crippen MR) is 62.4 cm³/mol. The normalized spacial score (nSPS) is 16.7. The molecule has 1 aromatic rings. The lowest BCUT2D eigenvalue weighted by atomic mass is 9.92. The first-order valence-electron chi connectivity index (χ1n) is 5.63. The highest BCUT2D eigenvalue weighted by Gasteiger charge is 2.45. The fourth-order valence-corrected chi connectivity index (χ4v) is 2.14. The monoisotopic (exact) mass is 237 g/mol. The molecule has 1 fully saturated rings. The Bertz CT molecular complexity index is 467. The zero-order valence-electron chi connectivity index (χ0n) is 10.0. The molecule has 0 amide bonds. The van der Waals surface area contributed by atoms with E-state index in [2.05, 4.69) is 4.74 Å². The van der Waals surface area contributed by atoms with Gasteiger partial charge in [0.25, 0.3) is 0 Å². The van der Waals surface area contributed by atoms with Gasteiger partial charge in [0, 0.05) is 12.0 Å². The first kappa shape index (κ1) is 12.0. The number of ether oxygens (including phenoxy) is 1. The minimum Gasteiger partial charge on any atom is -0.465 e. The summed E-state index contributed by atoms with van der Waals surface area (Å²) in [5.41, 5.74) is 6.98. The topological polar surface area (TPSA) is 52.3 Å². The molecule has 0 aliphatic heterocycles. The van der Waals surface area contributed by atoms with Crippen LogP contribution in [0.1, 0.15) is 34.3 Å². The third-order valence-corrected chi connectivity index (χ3v) is 3.53. The Kier molecular flexibility index (Phi) is 2.91. The SMILES string of the molecule is COC(=O)c1cc(C2(CN)CC2)c(F)cc1C. The first-order valence-corrected chi connectivity index (χ1v) is 5.63. The average Bonchev–Trinajstić information content (AvgIpc) is 3.09. The molecule has 1 aliphatic carbocycles. The molecule has 1 saturated carbocycles. The van der Waals surface area contributed by atoms with Crippen LogP contribution in [0.15, 0.2) is 12.1 Å². The summed E-state index contributed by atoms with van der Waals surface area (Å²) in [4.78, 5) is 11.6. The van der Waals surface area contributed by atoms with Gasteiger partial charge in [-0.05, 0) is 43.0 Å². The minimum absolute atomic E-state index is 0.263. The van der Waals surface area contributed by atoms with Crippen LogP contribution in [0.3, 0.4) is 0 Å². The van der Waals surface area contributed by atoms with E-state index in [0.717, 1.165) is 12.8 Å². The summed E-state index contributed by atoms with van der Waals surface area (Å²) in [6.45, 7) is 2.11. The lowest BCUT2D eigenvalue weighted by Crippen LogP contribution is -2.22. The number of carbonyl (C=O) groups excluding carboxylic acids is 1. The van der Waals surface area contributed by atoms with E-state index in [-0.39, 0.29) is 11.2 Å². The van der Waals surface area contributed by atoms with E-state index in [1.165, 1.54) is 13.2 Å². The number of benzene rings is 1. The molecule has 0 aromatic heterocycles. The molecule has 0 atom stereocenters. The van der Waals surface area contributed by atoms with E-state index in [4.69, 9.17) is 5.73 Å². The molecule has 0 spiro atoms. The van der Waals surface area contributed by atoms with E-state index in [0.29, 0.717) is 23.2 Å². The standard InChI is InChI=1S/C13H16FNO2/c1-8-5-11(14)10(13(7-15)3-4-13)6-9(8)12(16)17-2/h5-6H,3-4,7,15H2,1-2H3. The summed E-state index contributed by atoms with van der Waals surface area (Å²) in [5.74, 6) is -0.713. The molecule has 4 heteroatoms. The van der Waals surface area contributed by atoms with Gasteiger partial charge in [0.2, 0.25) is 0 Å². The van der Waals surface area contributed by atoms with Crippen LogP contribution in [0.5, 0.6) is 0 Å². The van der Waals surface area contributed by atoms with Crippen molar-refractivity contribution < 1.29 is 13.9 Å². The first-order chi connectivity index (χ1) is 8.04. The molecule has 0 unspecified atom stereocenters. The summed E-state index contributed by atoms with van der Waals surface area (Å²) >= 11 is 0. The quantitative estimate of drug-likeness (QED) is 0.817. The van der Waals surface area contributed by atoms with Crippen LogP contribution in [0.2, 0.25) is 0 Å². The molecule has 3 nitrogen and oxygen atoms in total. The van der Waals surface area contributed by atoms with Crippen molar-refractivity contribution in [3.05, 3.63) is 34.6 Å². The number of hydrogen-bond donors (Lipinski definition) is 1. The Hall–Kier alpha value is -1.42. The van der Waals surface area contributed by atoms with Gasteiger partial charge >= 0.3 is 5.97 Å². The van der Waals surface area contributed by atoms with Crippen molar-refractivity contribution in [1.82, 2.24) is 0 Å². The van der Waals surface area contributed by atoms with Crippen LogP contribution in [0.25, 0.3) is 0 Å². The summed E-state index contributed by atoms with van der Waals surface area (Å²) in [6, 6.07) is 2.98. The molecule has 1 aliphatic rings. The van der Waals surface area contributed by atoms with Crippen LogP contribution < -0.4 is 5.73 Å². The molecule has 17 heavy (non-hydrogen) atoms. The number of halogens is 1. The van der Waals surface area contributed by atoms with Gasteiger partial charge in [0.05, 0.1) is 12.7 Å². The van der Waals surface area contributed by atoms with E-state index in [9.17, 15) is 9.18 Å². The summed E-state index contributed by atoms with van der Waals surface area (Å²) in [6.07, 6.45) is 1.76. The Morgan fingerprint density at radius 1 is 1.53 bits per heavy atom. The molecule has 0 saturated heterocycles. The number of hydrogen-bond acceptors (Lipinski definition) is 3. The second kappa shape index (κ2) is 4.11. The van der Waals surface area contributed by atoms with Crippen LogP contribution >= 0.6 is 0 Å². The average molecular weight is 237 g/mol. The Labute approximate surface area is 99.8 Å². The second-order valence-corrected chi connectivity index (χ2v) is 4.62. The maximum atomic E-state index is 13.9. The number of nitrogens with two attached hydrogens (primary N) is 1. The molecule has 2 N–H and O–H groups in total. The van der Waals surface area contributed by atoms with Crippen molar-refractivity contribution in [2.45, 2.75) is 25.2 Å². The molecular weight excluding hydrogens is 221 g/mol. The summed E-state index contributed by atoms with van der Waals surface area (Å²) < 4.78 is 18.6. The number of rotatable bonds is 3. The Morgan fingerprint density at radius 3 is 2.65 bits per heavy atom. The zero-order chi connectivity index (χ0) is 12.6. The third kappa shape index (κ3) is 1.93. The smallest absolute Gasteiger partial charge is 0.338 e. The van der Waals surface area contributed by atoms with Crippen LogP contribution in [0.4, 0.5) is 4.39 Å². The predicted octanol–water partition coefficient (Wildman–Crippen LogP) is 1.91. The highest BCUT2D eigenvalue weighted by Crippen LogP contribution is 2.48. The van der Waals surface area contributed by atoms with E-state index >= 15 is 0 Å². The van der Waals surface area contributed by atoms with Gasteiger partial charge in [-0.3, -0.25) is 0 Å². The largest absolute Gasteiger partial charge is 0.465 e. The van der Waals surface area contributed by atoms with Crippen LogP contribution in [-0.4, -0.2) is 19.6 Å². The lowest BCUT2D eigenvalue weighted by molar-refractivity contribution is 0.0599. The van der Waals surface area contributed by atoms with Crippen molar-refractivity contribution in [1.29, 1.82) is 0 Å². The fourth-order valence-electron chi connectivity index (χ4n) is 2.14. The van der Waals surface area contributed by atoms with Gasteiger partial charge < -0.3 is 10.5 Å². The van der Waals surface area contributed by atoms with Gasteiger partial charge in [-0.1, -0.05) is 0 Å². The van der Waals surface area contributed by atoms with Crippen molar-refractivity contribution in [2.75, 3.05) is 13.7 Å². The number of aryl methyl sites for hydroxylation is 1. The second-order valence-electron chi connectivity index (χ2n) is 4.62. The van der Waals surface area contributed by atoms with E-state index in [1.54, 1.807) is 13.0 Å². The van der Waals surface area contributed by atoms with Gasteiger partial charge in [-0.2, -0.15) is 0 Å². The molecular formula is C13H16FNO2. The number of carbonyl (C=O) groups is 1. The zero-order valence-corrected chi connectivity index (χ0v) is 10.0. The Balaban J connectivity index is 2.50. The molecule has 92 valence electrons. The number of methoxy groups -OCH3 is 1. The maximum absolute atomic E-state index is 13.9. The molecule has 0 radical (unpaired) electrons. The summed E-state index contributed by atoms with van der Waals surface area (Å²) in [7, 11) is 1.32. The van der Waals surface area contributed by atoms with Crippen molar-refractivity contribution in [3.63, 3.8) is 0 Å². The third-order valence-electron chi connectivity index (χ3n) is 3.53. The van der Waals surface area contributed by atoms with Gasteiger partial charge in [0.15, 0.2) is 0 Å². The van der Waals surface area contributed by atoms with Gasteiger partial charge in [0.1, 0.15) is 5.82 Å². The van der Waals surface area contributed by atoms with Crippen LogP contribution in [0, 0.1) is 12.7 Å². The van der Waals surface area contributed by atoms with Crippen molar-refractivity contribution >= 4 is 5.97 Å².